The number of amides is 1. The molecule has 0 saturated heterocycles. The van der Waals surface area contributed by atoms with Crippen molar-refractivity contribution >= 4 is 22.2 Å². The molecule has 3 aromatic rings. The van der Waals surface area contributed by atoms with E-state index >= 15 is 0 Å². The van der Waals surface area contributed by atoms with Crippen molar-refractivity contribution < 1.29 is 9.21 Å². The van der Waals surface area contributed by atoms with Crippen LogP contribution < -0.4 is 5.56 Å². The highest BCUT2D eigenvalue weighted by Gasteiger charge is 2.18. The SMILES string of the molecule is Cc1ccc(CN(C)C(=O)c2cnc3sccn3c2=O)o1. The molecule has 0 atom stereocenters. The zero-order valence-electron chi connectivity index (χ0n) is 11.6. The van der Waals surface area contributed by atoms with Gasteiger partial charge in [-0.15, -0.1) is 11.3 Å². The predicted molar refractivity (Wildman–Crippen MR) is 78.6 cm³/mol. The van der Waals surface area contributed by atoms with E-state index in [1.54, 1.807) is 18.6 Å². The van der Waals surface area contributed by atoms with Gasteiger partial charge in [-0.2, -0.15) is 0 Å². The zero-order valence-corrected chi connectivity index (χ0v) is 12.4. The fourth-order valence-corrected chi connectivity index (χ4v) is 2.73. The second-order valence-corrected chi connectivity index (χ2v) is 5.58. The fraction of sp³-hybridized carbons (Fsp3) is 0.214. The summed E-state index contributed by atoms with van der Waals surface area (Å²) in [5, 5.41) is 1.76. The zero-order chi connectivity index (χ0) is 15.0. The number of aromatic nitrogens is 2. The van der Waals surface area contributed by atoms with Gasteiger partial charge in [0.05, 0.1) is 6.54 Å². The fourth-order valence-electron chi connectivity index (χ4n) is 2.05. The summed E-state index contributed by atoms with van der Waals surface area (Å²) >= 11 is 1.35. The van der Waals surface area contributed by atoms with Crippen molar-refractivity contribution in [3.63, 3.8) is 0 Å². The molecule has 3 aromatic heterocycles. The van der Waals surface area contributed by atoms with Crippen molar-refractivity contribution in [2.45, 2.75) is 13.5 Å². The molecule has 1 amide bonds. The number of rotatable bonds is 3. The van der Waals surface area contributed by atoms with Crippen molar-refractivity contribution in [2.75, 3.05) is 7.05 Å². The number of nitrogens with zero attached hydrogens (tertiary/aromatic N) is 3. The van der Waals surface area contributed by atoms with Crippen LogP contribution in [0, 0.1) is 6.92 Å². The molecule has 0 aromatic carbocycles. The van der Waals surface area contributed by atoms with Crippen LogP contribution in [0.3, 0.4) is 0 Å². The maximum absolute atomic E-state index is 12.4. The first-order valence-electron chi connectivity index (χ1n) is 6.32. The Bertz CT molecular complexity index is 862. The minimum atomic E-state index is -0.373. The van der Waals surface area contributed by atoms with Gasteiger partial charge in [0.2, 0.25) is 0 Å². The van der Waals surface area contributed by atoms with E-state index in [4.69, 9.17) is 4.42 Å². The van der Waals surface area contributed by atoms with E-state index < -0.39 is 0 Å². The Morgan fingerprint density at radius 3 is 3.00 bits per heavy atom. The van der Waals surface area contributed by atoms with Gasteiger partial charge < -0.3 is 9.32 Å². The van der Waals surface area contributed by atoms with Crippen LogP contribution in [0.1, 0.15) is 21.9 Å². The summed E-state index contributed by atoms with van der Waals surface area (Å²) in [6, 6.07) is 3.65. The first-order chi connectivity index (χ1) is 10.1. The van der Waals surface area contributed by atoms with Gasteiger partial charge in [-0.1, -0.05) is 0 Å². The highest BCUT2D eigenvalue weighted by molar-refractivity contribution is 7.15. The van der Waals surface area contributed by atoms with E-state index in [-0.39, 0.29) is 17.0 Å². The lowest BCUT2D eigenvalue weighted by atomic mass is 10.3. The van der Waals surface area contributed by atoms with E-state index in [2.05, 4.69) is 4.98 Å². The third-order valence-electron chi connectivity index (χ3n) is 3.11. The highest BCUT2D eigenvalue weighted by Crippen LogP contribution is 2.11. The van der Waals surface area contributed by atoms with Gasteiger partial charge in [0, 0.05) is 24.8 Å². The molecule has 3 heterocycles. The average molecular weight is 303 g/mol. The number of thiazole rings is 1. The molecule has 0 aliphatic carbocycles. The molecular formula is C14H13N3O3S. The summed E-state index contributed by atoms with van der Waals surface area (Å²) in [7, 11) is 1.63. The van der Waals surface area contributed by atoms with Crippen LogP contribution in [-0.4, -0.2) is 27.2 Å². The Balaban J connectivity index is 1.89. The van der Waals surface area contributed by atoms with Gasteiger partial charge in [-0.25, -0.2) is 4.98 Å². The Labute approximate surface area is 124 Å². The normalized spacial score (nSPS) is 11.0. The molecule has 0 bridgehead atoms. The molecular weight excluding hydrogens is 290 g/mol. The number of hydrogen-bond donors (Lipinski definition) is 0. The maximum atomic E-state index is 12.4. The van der Waals surface area contributed by atoms with Crippen LogP contribution in [0.4, 0.5) is 0 Å². The lowest BCUT2D eigenvalue weighted by Gasteiger charge is -2.15. The van der Waals surface area contributed by atoms with Gasteiger partial charge in [0.25, 0.3) is 11.5 Å². The lowest BCUT2D eigenvalue weighted by molar-refractivity contribution is 0.0772. The van der Waals surface area contributed by atoms with Gasteiger partial charge in [-0.05, 0) is 19.1 Å². The Hall–Kier alpha value is -2.41. The molecule has 21 heavy (non-hydrogen) atoms. The van der Waals surface area contributed by atoms with Crippen molar-refractivity contribution in [3.05, 3.63) is 57.3 Å². The van der Waals surface area contributed by atoms with E-state index in [1.165, 1.54) is 26.8 Å². The van der Waals surface area contributed by atoms with Crippen LogP contribution in [0.25, 0.3) is 4.96 Å². The van der Waals surface area contributed by atoms with Crippen LogP contribution in [0.15, 0.2) is 39.1 Å². The van der Waals surface area contributed by atoms with Crippen molar-refractivity contribution in [1.82, 2.24) is 14.3 Å². The second-order valence-electron chi connectivity index (χ2n) is 4.71. The number of aryl methyl sites for hydroxylation is 1. The number of carbonyl (C=O) groups is 1. The number of hydrogen-bond acceptors (Lipinski definition) is 5. The van der Waals surface area contributed by atoms with Crippen molar-refractivity contribution in [1.29, 1.82) is 0 Å². The third kappa shape index (κ3) is 2.47. The summed E-state index contributed by atoms with van der Waals surface area (Å²) in [4.78, 5) is 30.8. The minimum absolute atomic E-state index is 0.0525. The summed E-state index contributed by atoms with van der Waals surface area (Å²) in [6.07, 6.45) is 2.95. The monoisotopic (exact) mass is 303 g/mol. The van der Waals surface area contributed by atoms with Gasteiger partial charge >= 0.3 is 0 Å². The molecule has 3 rings (SSSR count). The number of furan rings is 1. The molecule has 108 valence electrons. The molecule has 0 saturated carbocycles. The van der Waals surface area contributed by atoms with Crippen molar-refractivity contribution in [3.8, 4) is 0 Å². The standard InChI is InChI=1S/C14H13N3O3S/c1-9-3-4-10(20-9)8-16(2)12(18)11-7-15-14-17(13(11)19)5-6-21-14/h3-7H,8H2,1-2H3. The smallest absolute Gasteiger partial charge is 0.271 e. The second kappa shape index (κ2) is 5.17. The van der Waals surface area contributed by atoms with E-state index in [0.717, 1.165) is 5.76 Å². The Kier molecular flexibility index (Phi) is 3.34. The van der Waals surface area contributed by atoms with Crippen molar-refractivity contribution in [2.24, 2.45) is 0 Å². The summed E-state index contributed by atoms with van der Waals surface area (Å²) < 4.78 is 6.81. The lowest BCUT2D eigenvalue weighted by Crippen LogP contribution is -2.32. The van der Waals surface area contributed by atoms with Crippen LogP contribution in [0.5, 0.6) is 0 Å². The Morgan fingerprint density at radius 2 is 2.29 bits per heavy atom. The average Bonchev–Trinajstić information content (AvgIpc) is 3.08. The number of carbonyl (C=O) groups excluding carboxylic acids is 1. The van der Waals surface area contributed by atoms with Crippen LogP contribution in [0.2, 0.25) is 0 Å². The molecule has 0 N–H and O–H groups in total. The van der Waals surface area contributed by atoms with E-state index in [9.17, 15) is 9.59 Å². The molecule has 0 unspecified atom stereocenters. The predicted octanol–water partition coefficient (Wildman–Crippen LogP) is 1.93. The van der Waals surface area contributed by atoms with Crippen LogP contribution in [-0.2, 0) is 6.54 Å². The van der Waals surface area contributed by atoms with Gasteiger partial charge in [0.1, 0.15) is 17.1 Å². The highest BCUT2D eigenvalue weighted by atomic mass is 32.1. The topological polar surface area (TPSA) is 67.8 Å². The maximum Gasteiger partial charge on any atom is 0.271 e. The summed E-state index contributed by atoms with van der Waals surface area (Å²) in [5.41, 5.74) is -0.301. The Morgan fingerprint density at radius 1 is 1.48 bits per heavy atom. The first kappa shape index (κ1) is 13.6. The molecule has 6 nitrogen and oxygen atoms in total. The minimum Gasteiger partial charge on any atom is -0.464 e. The molecule has 7 heteroatoms. The van der Waals surface area contributed by atoms with Gasteiger partial charge in [-0.3, -0.25) is 14.0 Å². The molecule has 0 aliphatic rings. The molecule has 0 spiro atoms. The molecule has 0 aliphatic heterocycles. The van der Waals surface area contributed by atoms with Gasteiger partial charge in [0.15, 0.2) is 4.96 Å². The molecule has 0 radical (unpaired) electrons. The first-order valence-corrected chi connectivity index (χ1v) is 7.20. The van der Waals surface area contributed by atoms with E-state index in [0.29, 0.717) is 17.3 Å². The van der Waals surface area contributed by atoms with E-state index in [1.807, 2.05) is 19.1 Å². The number of fused-ring (bicyclic) bond motifs is 1. The van der Waals surface area contributed by atoms with Crippen LogP contribution >= 0.6 is 11.3 Å². The third-order valence-corrected chi connectivity index (χ3v) is 3.88. The largest absolute Gasteiger partial charge is 0.464 e. The quantitative estimate of drug-likeness (QED) is 0.741. The summed E-state index contributed by atoms with van der Waals surface area (Å²) in [6.45, 7) is 2.14. The molecule has 0 fully saturated rings. The summed E-state index contributed by atoms with van der Waals surface area (Å²) in [5.74, 6) is 1.09.